The van der Waals surface area contributed by atoms with Crippen molar-refractivity contribution in [2.24, 2.45) is 11.8 Å². The fraction of sp³-hybridized carbons (Fsp3) is 0.654. The highest BCUT2D eigenvalue weighted by atomic mass is 16.2. The summed E-state index contributed by atoms with van der Waals surface area (Å²) in [5, 5.41) is 5.99. The van der Waals surface area contributed by atoms with Crippen LogP contribution in [0.5, 0.6) is 0 Å². The van der Waals surface area contributed by atoms with Gasteiger partial charge in [0, 0.05) is 56.9 Å². The number of amides is 5. The molecule has 8 nitrogen and oxygen atoms in total. The summed E-state index contributed by atoms with van der Waals surface area (Å²) in [5.74, 6) is 1.12. The maximum atomic E-state index is 13.3. The van der Waals surface area contributed by atoms with Crippen LogP contribution in [0.15, 0.2) is 18.2 Å². The molecule has 0 aliphatic carbocycles. The van der Waals surface area contributed by atoms with Gasteiger partial charge >= 0.3 is 12.1 Å². The van der Waals surface area contributed by atoms with Gasteiger partial charge < -0.3 is 25.3 Å². The van der Waals surface area contributed by atoms with Crippen LogP contribution in [0.3, 0.4) is 0 Å². The number of aryl methyl sites for hydroxylation is 2. The summed E-state index contributed by atoms with van der Waals surface area (Å²) in [4.78, 5) is 44.2. The monoisotopic (exact) mass is 467 g/mol. The number of hydrogen-bond acceptors (Lipinski definition) is 3. The van der Waals surface area contributed by atoms with Gasteiger partial charge in [-0.1, -0.05) is 6.07 Å². The molecular weight excluding hydrogens is 430 g/mol. The third-order valence-corrected chi connectivity index (χ3v) is 8.32. The molecule has 3 atom stereocenters. The van der Waals surface area contributed by atoms with Gasteiger partial charge in [-0.2, -0.15) is 0 Å². The van der Waals surface area contributed by atoms with Crippen LogP contribution >= 0.6 is 0 Å². The van der Waals surface area contributed by atoms with E-state index >= 15 is 0 Å². The number of carbonyl (C=O) groups excluding carboxylic acids is 3. The molecule has 2 N–H and O–H groups in total. The predicted molar refractivity (Wildman–Crippen MR) is 131 cm³/mol. The molecule has 4 fully saturated rings. The second-order valence-corrected chi connectivity index (χ2v) is 10.7. The van der Waals surface area contributed by atoms with Crippen molar-refractivity contribution in [1.82, 2.24) is 20.0 Å². The number of benzene rings is 1. The van der Waals surface area contributed by atoms with E-state index in [9.17, 15) is 14.4 Å². The van der Waals surface area contributed by atoms with E-state index in [4.69, 9.17) is 0 Å². The fourth-order valence-corrected chi connectivity index (χ4v) is 6.35. The van der Waals surface area contributed by atoms with Gasteiger partial charge in [0.25, 0.3) is 0 Å². The maximum Gasteiger partial charge on any atom is 0.320 e. The molecule has 0 radical (unpaired) electrons. The maximum absolute atomic E-state index is 13.3. The van der Waals surface area contributed by atoms with E-state index < -0.39 is 0 Å². The summed E-state index contributed by atoms with van der Waals surface area (Å²) in [7, 11) is 0. The molecular formula is C26H37N5O3. The Morgan fingerprint density at radius 3 is 2.53 bits per heavy atom. The minimum atomic E-state index is -0.191. The zero-order chi connectivity index (χ0) is 23.8. The van der Waals surface area contributed by atoms with Crippen LogP contribution in [0, 0.1) is 25.7 Å². The molecule has 0 saturated carbocycles. The molecule has 4 aliphatic rings. The molecule has 1 aromatic carbocycles. The van der Waals surface area contributed by atoms with Crippen LogP contribution in [0.2, 0.25) is 0 Å². The van der Waals surface area contributed by atoms with E-state index in [1.165, 1.54) is 5.56 Å². The number of nitrogens with zero attached hydrogens (tertiary/aromatic N) is 3. The Hall–Kier alpha value is -2.77. The van der Waals surface area contributed by atoms with Crippen molar-refractivity contribution in [3.63, 3.8) is 0 Å². The number of likely N-dealkylation sites (tertiary alicyclic amines) is 2. The number of urea groups is 2. The summed E-state index contributed by atoms with van der Waals surface area (Å²) >= 11 is 0. The summed E-state index contributed by atoms with van der Waals surface area (Å²) in [6, 6.07) is 6.23. The van der Waals surface area contributed by atoms with Crippen LogP contribution in [0.1, 0.15) is 49.7 Å². The van der Waals surface area contributed by atoms with Crippen molar-refractivity contribution in [2.75, 3.05) is 38.0 Å². The van der Waals surface area contributed by atoms with Crippen LogP contribution in [-0.4, -0.2) is 77.5 Å². The Bertz CT molecular complexity index is 958. The lowest BCUT2D eigenvalue weighted by molar-refractivity contribution is -0.144. The normalized spacial score (nSPS) is 27.3. The Labute approximate surface area is 202 Å². The molecule has 4 heterocycles. The Morgan fingerprint density at radius 1 is 0.971 bits per heavy atom. The van der Waals surface area contributed by atoms with Gasteiger partial charge in [0.15, 0.2) is 0 Å². The van der Waals surface area contributed by atoms with Crippen molar-refractivity contribution in [2.45, 2.75) is 64.5 Å². The fourth-order valence-electron chi connectivity index (χ4n) is 6.35. The van der Waals surface area contributed by atoms with Gasteiger partial charge in [0.2, 0.25) is 5.91 Å². The van der Waals surface area contributed by atoms with Crippen molar-refractivity contribution in [1.29, 1.82) is 0 Å². The summed E-state index contributed by atoms with van der Waals surface area (Å²) < 4.78 is 0. The first-order valence-corrected chi connectivity index (χ1v) is 12.9. The van der Waals surface area contributed by atoms with Gasteiger partial charge in [-0.3, -0.25) is 4.79 Å². The molecule has 0 aromatic heterocycles. The number of carbonyl (C=O) groups is 3. The zero-order valence-corrected chi connectivity index (χ0v) is 20.4. The second-order valence-electron chi connectivity index (χ2n) is 10.7. The van der Waals surface area contributed by atoms with Crippen LogP contribution in [0.4, 0.5) is 15.3 Å². The molecule has 8 heteroatoms. The third-order valence-electron chi connectivity index (χ3n) is 8.32. The highest BCUT2D eigenvalue weighted by molar-refractivity contribution is 5.89. The van der Waals surface area contributed by atoms with E-state index in [-0.39, 0.29) is 18.1 Å². The predicted octanol–water partition coefficient (Wildman–Crippen LogP) is 3.34. The van der Waals surface area contributed by atoms with E-state index in [0.29, 0.717) is 43.3 Å². The minimum absolute atomic E-state index is 0.0677. The summed E-state index contributed by atoms with van der Waals surface area (Å²) in [5.41, 5.74) is 3.14. The summed E-state index contributed by atoms with van der Waals surface area (Å²) in [6.45, 7) is 7.73. The number of anilines is 1. The average Bonchev–Trinajstić information content (AvgIpc) is 2.82. The Balaban J connectivity index is 1.10. The first kappa shape index (κ1) is 23.0. The van der Waals surface area contributed by atoms with E-state index in [1.807, 2.05) is 34.9 Å². The van der Waals surface area contributed by atoms with E-state index in [2.05, 4.69) is 22.5 Å². The first-order chi connectivity index (χ1) is 16.4. The number of hydrogen-bond donors (Lipinski definition) is 2. The highest BCUT2D eigenvalue weighted by Crippen LogP contribution is 2.38. The largest absolute Gasteiger partial charge is 0.339 e. The van der Waals surface area contributed by atoms with E-state index in [0.717, 1.165) is 63.0 Å². The lowest BCUT2D eigenvalue weighted by Crippen LogP contribution is -2.62. The average molecular weight is 468 g/mol. The van der Waals surface area contributed by atoms with Crippen molar-refractivity contribution >= 4 is 23.7 Å². The molecule has 1 aromatic rings. The molecule has 5 amide bonds. The van der Waals surface area contributed by atoms with Gasteiger partial charge in [0.05, 0.1) is 0 Å². The Kier molecular flexibility index (Phi) is 6.40. The highest BCUT2D eigenvalue weighted by Gasteiger charge is 2.45. The molecule has 34 heavy (non-hydrogen) atoms. The zero-order valence-electron chi connectivity index (χ0n) is 20.4. The molecule has 4 saturated heterocycles. The number of fused-ring (bicyclic) bond motifs is 4. The first-order valence-electron chi connectivity index (χ1n) is 12.9. The van der Waals surface area contributed by atoms with E-state index in [1.54, 1.807) is 0 Å². The van der Waals surface area contributed by atoms with Crippen molar-refractivity contribution in [3.05, 3.63) is 29.3 Å². The molecule has 2 unspecified atom stereocenters. The van der Waals surface area contributed by atoms with Crippen LogP contribution in [-0.2, 0) is 4.79 Å². The Morgan fingerprint density at radius 2 is 1.76 bits per heavy atom. The quantitative estimate of drug-likeness (QED) is 0.700. The van der Waals surface area contributed by atoms with Gasteiger partial charge in [0.1, 0.15) is 0 Å². The molecule has 184 valence electrons. The minimum Gasteiger partial charge on any atom is -0.339 e. The SMILES string of the molecule is Cc1ccc(NC(=O)NC2CCN(C(=O)N3CC4CC(C3)[C@H]3CCCC(=O)N3C4)CC2)cc1C. The number of rotatable bonds is 2. The van der Waals surface area contributed by atoms with Gasteiger partial charge in [-0.25, -0.2) is 9.59 Å². The number of piperidine rings is 4. The smallest absolute Gasteiger partial charge is 0.320 e. The van der Waals surface area contributed by atoms with Gasteiger partial charge in [-0.05, 0) is 81.0 Å². The van der Waals surface area contributed by atoms with Crippen molar-refractivity contribution < 1.29 is 14.4 Å². The molecule has 4 aliphatic heterocycles. The third kappa shape index (κ3) is 4.72. The lowest BCUT2D eigenvalue weighted by atomic mass is 9.76. The van der Waals surface area contributed by atoms with Crippen LogP contribution in [0.25, 0.3) is 0 Å². The molecule has 0 spiro atoms. The molecule has 5 rings (SSSR count). The standard InChI is InChI=1S/C26H37N5O3/c1-17-6-7-22(12-18(17)2)28-25(33)27-21-8-10-29(11-9-21)26(34)30-14-19-13-20(16-30)23-4-3-5-24(32)31(23)15-19/h6-7,12,19-21,23H,3-5,8-11,13-16H2,1-2H3,(H2,27,28,33)/t19?,20?,23-/m1/s1. The topological polar surface area (TPSA) is 85.0 Å². The summed E-state index contributed by atoms with van der Waals surface area (Å²) in [6.07, 6.45) is 5.40. The van der Waals surface area contributed by atoms with Gasteiger partial charge in [-0.15, -0.1) is 0 Å². The van der Waals surface area contributed by atoms with Crippen LogP contribution < -0.4 is 10.6 Å². The van der Waals surface area contributed by atoms with Crippen molar-refractivity contribution in [3.8, 4) is 0 Å². The number of nitrogens with one attached hydrogen (secondary N) is 2. The second kappa shape index (κ2) is 9.47. The molecule has 2 bridgehead atoms. The lowest BCUT2D eigenvalue weighted by Gasteiger charge is -2.53.